The molecule has 3 aromatic carbocycles. The highest BCUT2D eigenvalue weighted by Crippen LogP contribution is 2.29. The van der Waals surface area contributed by atoms with Crippen LogP contribution < -0.4 is 0 Å². The first-order valence-electron chi connectivity index (χ1n) is 11.0. The van der Waals surface area contributed by atoms with Crippen molar-refractivity contribution in [1.82, 2.24) is 0 Å². The Balaban J connectivity index is 1.54. The molecule has 0 bridgehead atoms. The molecule has 8 heteroatoms. The first kappa shape index (κ1) is 24.1. The number of carbonyl (C=O) groups is 3. The Bertz CT molecular complexity index is 1130. The predicted molar refractivity (Wildman–Crippen MR) is 124 cm³/mol. The van der Waals surface area contributed by atoms with Crippen molar-refractivity contribution in [3.05, 3.63) is 108 Å². The van der Waals surface area contributed by atoms with Crippen molar-refractivity contribution in [2.45, 2.75) is 24.6 Å². The smallest absolute Gasteiger partial charge is 0.338 e. The maximum Gasteiger partial charge on any atom is 0.338 e. The second kappa shape index (κ2) is 11.4. The van der Waals surface area contributed by atoms with Crippen molar-refractivity contribution >= 4 is 17.9 Å². The molecule has 0 aliphatic carbocycles. The summed E-state index contributed by atoms with van der Waals surface area (Å²) < 4.78 is 28.0. The van der Waals surface area contributed by atoms with E-state index in [1.54, 1.807) is 91.0 Å². The van der Waals surface area contributed by atoms with Gasteiger partial charge in [0.2, 0.25) is 0 Å². The van der Waals surface area contributed by atoms with Crippen molar-refractivity contribution in [1.29, 1.82) is 0 Å². The van der Waals surface area contributed by atoms with Gasteiger partial charge in [-0.1, -0.05) is 54.6 Å². The van der Waals surface area contributed by atoms with Crippen LogP contribution in [0.1, 0.15) is 31.1 Å². The van der Waals surface area contributed by atoms with Gasteiger partial charge in [0.25, 0.3) is 0 Å². The molecule has 1 heterocycles. The summed E-state index contributed by atoms with van der Waals surface area (Å²) in [5.41, 5.74) is 0.981. The lowest BCUT2D eigenvalue weighted by Gasteiger charge is -2.24. The van der Waals surface area contributed by atoms with Gasteiger partial charge < -0.3 is 23.7 Å². The molecular formula is C27H24O8. The zero-order chi connectivity index (χ0) is 24.6. The minimum absolute atomic E-state index is 0.250. The molecule has 1 aliphatic heterocycles. The van der Waals surface area contributed by atoms with Gasteiger partial charge in [0.15, 0.2) is 18.5 Å². The zero-order valence-corrected chi connectivity index (χ0v) is 18.9. The molecule has 1 aliphatic rings. The lowest BCUT2D eigenvalue weighted by atomic mass is 10.1. The van der Waals surface area contributed by atoms with Crippen LogP contribution in [0.5, 0.6) is 0 Å². The summed E-state index contributed by atoms with van der Waals surface area (Å²) in [5, 5.41) is 0. The summed E-state index contributed by atoms with van der Waals surface area (Å²) in [4.78, 5) is 38.0. The fraction of sp³-hybridized carbons (Fsp3) is 0.222. The SMILES string of the molecule is COC1O[C@H](COC(=O)c2ccccc2)[C@@H](OC(=O)c2ccccc2)[C@H]1OC(=O)c1ccccc1. The molecule has 0 amide bonds. The Morgan fingerprint density at radius 2 is 1.09 bits per heavy atom. The van der Waals surface area contributed by atoms with Crippen LogP contribution in [0, 0.1) is 0 Å². The van der Waals surface area contributed by atoms with Gasteiger partial charge in [-0.25, -0.2) is 14.4 Å². The standard InChI is InChI=1S/C27H24O8/c1-31-27-23(35-26(30)20-15-9-4-10-16-20)22(34-25(29)19-13-7-3-8-14-19)21(33-27)17-32-24(28)18-11-5-2-6-12-18/h2-16,21-23,27H,17H2,1H3/t21-,22-,23-,27?/m1/s1. The lowest BCUT2D eigenvalue weighted by Crippen LogP contribution is -2.42. The van der Waals surface area contributed by atoms with E-state index in [4.69, 9.17) is 23.7 Å². The number of methoxy groups -OCH3 is 1. The van der Waals surface area contributed by atoms with E-state index < -0.39 is 42.5 Å². The molecule has 0 N–H and O–H groups in total. The molecule has 0 saturated carbocycles. The quantitative estimate of drug-likeness (QED) is 0.359. The van der Waals surface area contributed by atoms with E-state index in [0.29, 0.717) is 16.7 Å². The molecule has 8 nitrogen and oxygen atoms in total. The summed E-state index contributed by atoms with van der Waals surface area (Å²) in [6.45, 7) is -0.250. The second-order valence-electron chi connectivity index (χ2n) is 7.72. The summed E-state index contributed by atoms with van der Waals surface area (Å²) in [7, 11) is 1.38. The molecule has 4 rings (SSSR count). The second-order valence-corrected chi connectivity index (χ2v) is 7.72. The Kier molecular flexibility index (Phi) is 7.87. The highest BCUT2D eigenvalue weighted by molar-refractivity contribution is 5.90. The average molecular weight is 476 g/mol. The number of hydrogen-bond acceptors (Lipinski definition) is 8. The number of hydrogen-bond donors (Lipinski definition) is 0. The van der Waals surface area contributed by atoms with Gasteiger partial charge in [-0.15, -0.1) is 0 Å². The average Bonchev–Trinajstić information content (AvgIpc) is 3.24. The van der Waals surface area contributed by atoms with Gasteiger partial charge in [-0.3, -0.25) is 0 Å². The predicted octanol–water partition coefficient (Wildman–Crippen LogP) is 3.67. The van der Waals surface area contributed by atoms with E-state index >= 15 is 0 Å². The molecule has 0 aromatic heterocycles. The number of esters is 3. The van der Waals surface area contributed by atoms with Gasteiger partial charge in [0, 0.05) is 7.11 Å². The molecule has 180 valence electrons. The first-order valence-corrected chi connectivity index (χ1v) is 11.0. The summed E-state index contributed by atoms with van der Waals surface area (Å²) in [5.74, 6) is -1.85. The summed E-state index contributed by atoms with van der Waals surface area (Å²) >= 11 is 0. The van der Waals surface area contributed by atoms with Gasteiger partial charge >= 0.3 is 17.9 Å². The van der Waals surface area contributed by atoms with E-state index in [1.807, 2.05) is 0 Å². The largest absolute Gasteiger partial charge is 0.459 e. The number of carbonyl (C=O) groups excluding carboxylic acids is 3. The molecule has 0 spiro atoms. The van der Waals surface area contributed by atoms with Crippen LogP contribution in [0.4, 0.5) is 0 Å². The molecular weight excluding hydrogens is 452 g/mol. The minimum Gasteiger partial charge on any atom is -0.459 e. The molecule has 4 atom stereocenters. The van der Waals surface area contributed by atoms with Crippen molar-refractivity contribution in [3.63, 3.8) is 0 Å². The zero-order valence-electron chi connectivity index (χ0n) is 18.9. The molecule has 1 fully saturated rings. The van der Waals surface area contributed by atoms with Gasteiger partial charge in [0.1, 0.15) is 12.7 Å². The van der Waals surface area contributed by atoms with Crippen molar-refractivity contribution in [2.75, 3.05) is 13.7 Å². The normalized spacial score (nSPS) is 21.2. The van der Waals surface area contributed by atoms with Crippen LogP contribution in [0.3, 0.4) is 0 Å². The van der Waals surface area contributed by atoms with Crippen LogP contribution >= 0.6 is 0 Å². The molecule has 1 unspecified atom stereocenters. The molecule has 0 radical (unpaired) electrons. The molecule has 3 aromatic rings. The number of rotatable bonds is 8. The fourth-order valence-electron chi connectivity index (χ4n) is 3.63. The highest BCUT2D eigenvalue weighted by Gasteiger charge is 2.50. The van der Waals surface area contributed by atoms with Crippen LogP contribution in [0.25, 0.3) is 0 Å². The maximum atomic E-state index is 12.8. The third-order valence-electron chi connectivity index (χ3n) is 5.39. The fourth-order valence-corrected chi connectivity index (χ4v) is 3.63. The van der Waals surface area contributed by atoms with Crippen molar-refractivity contribution in [2.24, 2.45) is 0 Å². The lowest BCUT2D eigenvalue weighted by molar-refractivity contribution is -0.155. The van der Waals surface area contributed by atoms with Crippen molar-refractivity contribution in [3.8, 4) is 0 Å². The summed E-state index contributed by atoms with van der Waals surface area (Å²) in [6, 6.07) is 25.2. The Morgan fingerprint density at radius 1 is 0.657 bits per heavy atom. The number of ether oxygens (including phenoxy) is 5. The monoisotopic (exact) mass is 476 g/mol. The van der Waals surface area contributed by atoms with Gasteiger partial charge in [-0.05, 0) is 36.4 Å². The van der Waals surface area contributed by atoms with Crippen LogP contribution in [-0.2, 0) is 23.7 Å². The highest BCUT2D eigenvalue weighted by atomic mass is 16.7. The topological polar surface area (TPSA) is 97.4 Å². The number of benzene rings is 3. The van der Waals surface area contributed by atoms with Gasteiger partial charge in [0.05, 0.1) is 16.7 Å². The van der Waals surface area contributed by atoms with Crippen LogP contribution in [0.2, 0.25) is 0 Å². The van der Waals surface area contributed by atoms with E-state index in [2.05, 4.69) is 0 Å². The van der Waals surface area contributed by atoms with Crippen LogP contribution in [0.15, 0.2) is 91.0 Å². The Morgan fingerprint density at radius 3 is 1.54 bits per heavy atom. The third-order valence-corrected chi connectivity index (χ3v) is 5.39. The maximum absolute atomic E-state index is 12.8. The summed E-state index contributed by atoms with van der Waals surface area (Å²) in [6.07, 6.45) is -4.17. The third kappa shape index (κ3) is 5.92. The first-order chi connectivity index (χ1) is 17.1. The Labute approximate surface area is 202 Å². The van der Waals surface area contributed by atoms with E-state index in [1.165, 1.54) is 7.11 Å². The van der Waals surface area contributed by atoms with E-state index in [0.717, 1.165) is 0 Å². The minimum atomic E-state index is -1.10. The van der Waals surface area contributed by atoms with E-state index in [9.17, 15) is 14.4 Å². The molecule has 35 heavy (non-hydrogen) atoms. The van der Waals surface area contributed by atoms with Crippen molar-refractivity contribution < 1.29 is 38.1 Å². The van der Waals surface area contributed by atoms with Gasteiger partial charge in [-0.2, -0.15) is 0 Å². The van der Waals surface area contributed by atoms with Crippen LogP contribution in [-0.4, -0.2) is 56.2 Å². The Hall–Kier alpha value is -4.01. The molecule has 1 saturated heterocycles. The van der Waals surface area contributed by atoms with E-state index in [-0.39, 0.29) is 6.61 Å².